The van der Waals surface area contributed by atoms with E-state index < -0.39 is 12.1 Å². The van der Waals surface area contributed by atoms with Crippen LogP contribution < -0.4 is 10.1 Å². The number of ketones is 1. The first-order valence-corrected chi connectivity index (χ1v) is 8.42. The minimum Gasteiger partial charge on any atom is -0.495 e. The van der Waals surface area contributed by atoms with Gasteiger partial charge in [-0.2, -0.15) is 0 Å². The Kier molecular flexibility index (Phi) is 5.66. The maximum atomic E-state index is 12.8. The summed E-state index contributed by atoms with van der Waals surface area (Å²) in [5.41, 5.74) is 2.00. The predicted octanol–water partition coefficient (Wildman–Crippen LogP) is 4.09. The molecule has 0 heterocycles. The number of benzene rings is 3. The van der Waals surface area contributed by atoms with E-state index in [2.05, 4.69) is 5.32 Å². The van der Waals surface area contributed by atoms with Gasteiger partial charge >= 0.3 is 0 Å². The highest BCUT2D eigenvalue weighted by Crippen LogP contribution is 2.30. The number of anilines is 1. The minimum absolute atomic E-state index is 0.332. The molecule has 0 aromatic heterocycles. The third-order valence-corrected chi connectivity index (χ3v) is 4.22. The Hall–Kier alpha value is -3.11. The summed E-state index contributed by atoms with van der Waals surface area (Å²) in [5, 5.41) is 14.1. The molecule has 0 aliphatic heterocycles. The second-order valence-electron chi connectivity index (χ2n) is 5.91. The third-order valence-electron chi connectivity index (χ3n) is 4.22. The average Bonchev–Trinajstić information content (AvgIpc) is 2.72. The number of hydrogen-bond acceptors (Lipinski definition) is 4. The molecule has 0 amide bonds. The number of carbonyl (C=O) groups excluding carboxylic acids is 1. The molecule has 0 unspecified atom stereocenters. The van der Waals surface area contributed by atoms with Crippen LogP contribution in [0.4, 0.5) is 5.69 Å². The molecule has 0 spiro atoms. The van der Waals surface area contributed by atoms with Crippen LogP contribution in [0.5, 0.6) is 5.75 Å². The summed E-state index contributed by atoms with van der Waals surface area (Å²) in [5.74, 6) is 0.314. The Morgan fingerprint density at radius 3 is 2.12 bits per heavy atom. The molecule has 0 aliphatic carbocycles. The van der Waals surface area contributed by atoms with Gasteiger partial charge in [-0.15, -0.1) is 0 Å². The van der Waals surface area contributed by atoms with Crippen LogP contribution in [0.2, 0.25) is 0 Å². The second kappa shape index (κ2) is 8.32. The van der Waals surface area contributed by atoms with Crippen molar-refractivity contribution >= 4 is 11.5 Å². The number of aliphatic hydroxyl groups is 1. The Balaban J connectivity index is 1.95. The number of nitrogens with one attached hydrogen (secondary N) is 1. The Bertz CT molecular complexity index is 850. The van der Waals surface area contributed by atoms with Crippen LogP contribution in [0.15, 0.2) is 84.9 Å². The lowest BCUT2D eigenvalue weighted by Gasteiger charge is -2.26. The molecule has 0 fully saturated rings. The Morgan fingerprint density at radius 1 is 0.885 bits per heavy atom. The molecule has 2 N–H and O–H groups in total. The first-order chi connectivity index (χ1) is 12.7. The monoisotopic (exact) mass is 347 g/mol. The summed E-state index contributed by atoms with van der Waals surface area (Å²) >= 11 is 0. The molecule has 3 aromatic carbocycles. The third kappa shape index (κ3) is 3.92. The van der Waals surface area contributed by atoms with Gasteiger partial charge in [0.15, 0.2) is 5.78 Å². The van der Waals surface area contributed by atoms with E-state index in [1.165, 1.54) is 0 Å². The Labute approximate surface area is 153 Å². The second-order valence-corrected chi connectivity index (χ2v) is 5.91. The van der Waals surface area contributed by atoms with Crippen LogP contribution in [0, 0.1) is 0 Å². The van der Waals surface area contributed by atoms with E-state index in [-0.39, 0.29) is 5.78 Å². The van der Waals surface area contributed by atoms with Crippen LogP contribution in [-0.2, 0) is 0 Å². The fourth-order valence-corrected chi connectivity index (χ4v) is 2.86. The molecular formula is C22H21NO3. The standard InChI is InChI=1S/C22H21NO3/c1-26-19-15-9-8-14-18(19)23-20(16-10-4-2-5-11-16)22(25)21(24)17-12-6-3-7-13-17/h2-15,20,22-23,25H,1H3/t20-,22+/m0/s1. The smallest absolute Gasteiger partial charge is 0.193 e. The quantitative estimate of drug-likeness (QED) is 0.632. The van der Waals surface area contributed by atoms with Crippen LogP contribution in [0.3, 0.4) is 0 Å². The molecular weight excluding hydrogens is 326 g/mol. The lowest BCUT2D eigenvalue weighted by atomic mass is 9.94. The summed E-state index contributed by atoms with van der Waals surface area (Å²) in [7, 11) is 1.59. The van der Waals surface area contributed by atoms with Crippen LogP contribution in [-0.4, -0.2) is 24.1 Å². The zero-order valence-electron chi connectivity index (χ0n) is 14.5. The van der Waals surface area contributed by atoms with Gasteiger partial charge in [0.2, 0.25) is 0 Å². The molecule has 4 nitrogen and oxygen atoms in total. The summed E-state index contributed by atoms with van der Waals surface area (Å²) in [6.07, 6.45) is -1.25. The number of rotatable bonds is 7. The van der Waals surface area contributed by atoms with Gasteiger partial charge in [-0.25, -0.2) is 0 Å². The highest BCUT2D eigenvalue weighted by atomic mass is 16.5. The summed E-state index contributed by atoms with van der Waals surface area (Å²) in [4.78, 5) is 12.8. The van der Waals surface area contributed by atoms with Gasteiger partial charge in [0.05, 0.1) is 18.8 Å². The average molecular weight is 347 g/mol. The van der Waals surface area contributed by atoms with E-state index in [4.69, 9.17) is 4.74 Å². The molecule has 132 valence electrons. The van der Waals surface area contributed by atoms with Gasteiger partial charge in [-0.05, 0) is 17.7 Å². The fraction of sp³-hybridized carbons (Fsp3) is 0.136. The summed E-state index contributed by atoms with van der Waals surface area (Å²) < 4.78 is 5.38. The van der Waals surface area contributed by atoms with Crippen LogP contribution in [0.1, 0.15) is 22.0 Å². The van der Waals surface area contributed by atoms with Crippen molar-refractivity contribution in [3.63, 3.8) is 0 Å². The topological polar surface area (TPSA) is 58.6 Å². The number of para-hydroxylation sites is 2. The maximum Gasteiger partial charge on any atom is 0.193 e. The number of methoxy groups -OCH3 is 1. The van der Waals surface area contributed by atoms with E-state index >= 15 is 0 Å². The molecule has 26 heavy (non-hydrogen) atoms. The van der Waals surface area contributed by atoms with Crippen molar-refractivity contribution in [1.82, 2.24) is 0 Å². The zero-order valence-corrected chi connectivity index (χ0v) is 14.5. The SMILES string of the molecule is COc1ccccc1N[C@@H](c1ccccc1)[C@@H](O)C(=O)c1ccccc1. The van der Waals surface area contributed by atoms with Crippen molar-refractivity contribution in [2.24, 2.45) is 0 Å². The van der Waals surface area contributed by atoms with Gasteiger partial charge < -0.3 is 15.2 Å². The van der Waals surface area contributed by atoms with Gasteiger partial charge in [-0.1, -0.05) is 72.8 Å². The van der Waals surface area contributed by atoms with Crippen LogP contribution >= 0.6 is 0 Å². The van der Waals surface area contributed by atoms with E-state index in [9.17, 15) is 9.90 Å². The highest BCUT2D eigenvalue weighted by molar-refractivity contribution is 6.00. The Morgan fingerprint density at radius 2 is 1.46 bits per heavy atom. The normalized spacial score (nSPS) is 12.8. The minimum atomic E-state index is -1.25. The molecule has 4 heteroatoms. The summed E-state index contributed by atoms with van der Waals surface area (Å²) in [6, 6.07) is 25.1. The lowest BCUT2D eigenvalue weighted by Crippen LogP contribution is -2.33. The number of hydrogen-bond donors (Lipinski definition) is 2. The van der Waals surface area contributed by atoms with Gasteiger partial charge in [0.1, 0.15) is 11.9 Å². The van der Waals surface area contributed by atoms with Crippen molar-refractivity contribution in [3.8, 4) is 5.75 Å². The van der Waals surface area contributed by atoms with Crippen molar-refractivity contribution in [2.75, 3.05) is 12.4 Å². The van der Waals surface area contributed by atoms with E-state index in [1.807, 2.05) is 60.7 Å². The molecule has 3 aromatic rings. The molecule has 2 atom stereocenters. The lowest BCUT2D eigenvalue weighted by molar-refractivity contribution is 0.0707. The number of Topliss-reactive ketones (excluding diaryl/α,β-unsaturated/α-hetero) is 1. The molecule has 0 aliphatic rings. The van der Waals surface area contributed by atoms with E-state index in [0.717, 1.165) is 5.56 Å². The molecule has 0 bridgehead atoms. The zero-order chi connectivity index (χ0) is 18.4. The number of carbonyl (C=O) groups is 1. The van der Waals surface area contributed by atoms with Crippen molar-refractivity contribution < 1.29 is 14.6 Å². The maximum absolute atomic E-state index is 12.8. The predicted molar refractivity (Wildman–Crippen MR) is 103 cm³/mol. The highest BCUT2D eigenvalue weighted by Gasteiger charge is 2.29. The van der Waals surface area contributed by atoms with Crippen molar-refractivity contribution in [1.29, 1.82) is 0 Å². The number of aliphatic hydroxyl groups excluding tert-OH is 1. The first-order valence-electron chi connectivity index (χ1n) is 8.42. The fourth-order valence-electron chi connectivity index (χ4n) is 2.86. The molecule has 0 saturated heterocycles. The van der Waals surface area contributed by atoms with Gasteiger partial charge in [-0.3, -0.25) is 4.79 Å². The van der Waals surface area contributed by atoms with Crippen molar-refractivity contribution in [3.05, 3.63) is 96.1 Å². The van der Waals surface area contributed by atoms with E-state index in [0.29, 0.717) is 17.0 Å². The molecule has 0 radical (unpaired) electrons. The van der Waals surface area contributed by atoms with Crippen LogP contribution in [0.25, 0.3) is 0 Å². The summed E-state index contributed by atoms with van der Waals surface area (Å²) in [6.45, 7) is 0. The number of ether oxygens (including phenoxy) is 1. The van der Waals surface area contributed by atoms with Crippen molar-refractivity contribution in [2.45, 2.75) is 12.1 Å². The van der Waals surface area contributed by atoms with Gasteiger partial charge in [0.25, 0.3) is 0 Å². The first kappa shape index (κ1) is 17.7. The molecule has 3 rings (SSSR count). The molecule has 0 saturated carbocycles. The van der Waals surface area contributed by atoms with E-state index in [1.54, 1.807) is 31.4 Å². The largest absolute Gasteiger partial charge is 0.495 e. The van der Waals surface area contributed by atoms with Gasteiger partial charge in [0, 0.05) is 5.56 Å².